The molecule has 7 rings (SSSR count). The Kier molecular flexibility index (Phi) is 11.2. The topological polar surface area (TPSA) is 142 Å². The summed E-state index contributed by atoms with van der Waals surface area (Å²) in [5, 5.41) is 10.7. The Labute approximate surface area is 355 Å². The predicted octanol–water partition coefficient (Wildman–Crippen LogP) is 7.83. The van der Waals surface area contributed by atoms with Gasteiger partial charge in [-0.25, -0.2) is 27.2 Å². The van der Waals surface area contributed by atoms with Gasteiger partial charge in [0.1, 0.15) is 40.9 Å². The number of aryl methyl sites for hydroxylation is 2. The monoisotopic (exact) mass is 903 g/mol. The molecule has 21 heteroatoms. The molecule has 326 valence electrons. The highest BCUT2D eigenvalue weighted by Gasteiger charge is 2.54. The van der Waals surface area contributed by atoms with Gasteiger partial charge in [-0.05, 0) is 75.4 Å². The Balaban J connectivity index is 1.42. The van der Waals surface area contributed by atoms with Crippen LogP contribution in [0, 0.1) is 36.3 Å². The largest absolute Gasteiger partial charge is 0.435 e. The molecule has 0 saturated carbocycles. The van der Waals surface area contributed by atoms with E-state index in [4.69, 9.17) is 16.6 Å². The number of carbonyl (C=O) groups is 1. The van der Waals surface area contributed by atoms with Crippen LogP contribution in [0.25, 0.3) is 22.0 Å². The van der Waals surface area contributed by atoms with Crippen LogP contribution in [0.4, 0.5) is 36.6 Å². The van der Waals surface area contributed by atoms with E-state index < -0.39 is 93.5 Å². The van der Waals surface area contributed by atoms with E-state index >= 15 is 8.78 Å². The molecule has 0 fully saturated rings. The Bertz CT molecular complexity index is 2930. The maximum absolute atomic E-state index is 15.5. The van der Waals surface area contributed by atoms with Gasteiger partial charge in [-0.2, -0.15) is 32.1 Å². The van der Waals surface area contributed by atoms with Gasteiger partial charge >= 0.3 is 6.18 Å². The van der Waals surface area contributed by atoms with Crippen molar-refractivity contribution < 1.29 is 43.9 Å². The van der Waals surface area contributed by atoms with Crippen molar-refractivity contribution in [1.82, 2.24) is 39.4 Å². The second kappa shape index (κ2) is 15.8. The van der Waals surface area contributed by atoms with Crippen LogP contribution in [0.15, 0.2) is 54.9 Å². The molecule has 0 unspecified atom stereocenters. The number of aromatic nitrogens is 7. The Morgan fingerprint density at radius 3 is 2.37 bits per heavy atom. The highest BCUT2D eigenvalue weighted by Crippen LogP contribution is 2.49. The van der Waals surface area contributed by atoms with Crippen molar-refractivity contribution in [2.75, 3.05) is 11.0 Å². The van der Waals surface area contributed by atoms with E-state index in [-0.39, 0.29) is 44.3 Å². The van der Waals surface area contributed by atoms with Gasteiger partial charge in [0.25, 0.3) is 5.92 Å². The standard InChI is InChI=1S/C41H37ClF7N9O3S/c1-21-15-29-36(41(47,48)49)53-58(37(29)40(21,45)46)20-32(59)52-31(18-23-16-24(43)19-25(44)17-23)34-27(8-7-26(51-34)11-12-39(3,4)57-14-13-50-22(57)2)28-9-10-30(42)33-35(28)56(5)54-38(33)55-62(6,60)61/h7-10,13-14,16-17,19,21,31H,15,18,20H2,1-6H3,(H,52,59)(H,54,55)/t21-,31+/m1/s1. The summed E-state index contributed by atoms with van der Waals surface area (Å²) in [7, 11) is -2.34. The number of amides is 1. The molecular formula is C41H37ClF7N9O3S. The third kappa shape index (κ3) is 8.60. The molecule has 6 aromatic rings. The quantitative estimate of drug-likeness (QED) is 0.106. The lowest BCUT2D eigenvalue weighted by atomic mass is 9.93. The van der Waals surface area contributed by atoms with Crippen LogP contribution >= 0.6 is 11.6 Å². The van der Waals surface area contributed by atoms with Gasteiger partial charge in [-0.15, -0.1) is 0 Å². The van der Waals surface area contributed by atoms with Gasteiger partial charge in [0.15, 0.2) is 11.5 Å². The molecule has 2 N–H and O–H groups in total. The lowest BCUT2D eigenvalue weighted by Gasteiger charge is -2.23. The SMILES string of the molecule is Cc1nccn1C(C)(C)C#Cc1ccc(-c2ccc(Cl)c3c(NS(C)(=O)=O)nn(C)c23)c([C@H](Cc2cc(F)cc(F)c2)NC(=O)Cn2nc(C(F)(F)F)c3c2C(F)(F)[C@H](C)C3)n1. The van der Waals surface area contributed by atoms with E-state index in [0.717, 1.165) is 25.3 Å². The summed E-state index contributed by atoms with van der Waals surface area (Å²) in [6.45, 7) is 5.45. The Morgan fingerprint density at radius 1 is 1.06 bits per heavy atom. The van der Waals surface area contributed by atoms with E-state index in [2.05, 4.69) is 37.1 Å². The molecule has 0 bridgehead atoms. The number of rotatable bonds is 10. The molecule has 0 radical (unpaired) electrons. The van der Waals surface area contributed by atoms with Crippen molar-refractivity contribution in [1.29, 1.82) is 0 Å². The zero-order valence-electron chi connectivity index (χ0n) is 33.8. The van der Waals surface area contributed by atoms with E-state index in [1.807, 2.05) is 18.4 Å². The highest BCUT2D eigenvalue weighted by molar-refractivity contribution is 7.92. The fourth-order valence-electron chi connectivity index (χ4n) is 7.76. The number of halogens is 8. The van der Waals surface area contributed by atoms with Crippen LogP contribution in [0.5, 0.6) is 0 Å². The summed E-state index contributed by atoms with van der Waals surface area (Å²) >= 11 is 6.62. The van der Waals surface area contributed by atoms with E-state index in [1.54, 1.807) is 37.5 Å². The van der Waals surface area contributed by atoms with E-state index in [0.29, 0.717) is 22.1 Å². The number of benzene rings is 2. The van der Waals surface area contributed by atoms with Gasteiger partial charge in [0.05, 0.1) is 33.9 Å². The average molecular weight is 904 g/mol. The first-order valence-corrected chi connectivity index (χ1v) is 21.1. The molecule has 12 nitrogen and oxygen atoms in total. The van der Waals surface area contributed by atoms with Gasteiger partial charge in [-0.3, -0.25) is 18.9 Å². The lowest BCUT2D eigenvalue weighted by Crippen LogP contribution is -2.35. The number of pyridine rings is 1. The molecule has 2 aromatic carbocycles. The summed E-state index contributed by atoms with van der Waals surface area (Å²) in [6, 6.07) is 7.44. The summed E-state index contributed by atoms with van der Waals surface area (Å²) in [5.41, 5.74) is -3.10. The average Bonchev–Trinajstić information content (AvgIpc) is 3.89. The van der Waals surface area contributed by atoms with Crippen molar-refractivity contribution in [2.45, 2.75) is 70.8 Å². The van der Waals surface area contributed by atoms with Crippen molar-refractivity contribution in [3.8, 4) is 23.0 Å². The first-order chi connectivity index (χ1) is 28.8. The van der Waals surface area contributed by atoms with Gasteiger partial charge in [0.2, 0.25) is 15.9 Å². The van der Waals surface area contributed by atoms with Crippen molar-refractivity contribution in [3.05, 3.63) is 111 Å². The summed E-state index contributed by atoms with van der Waals surface area (Å²) in [4.78, 5) is 23.2. The normalized spacial score (nSPS) is 15.6. The Morgan fingerprint density at radius 2 is 1.74 bits per heavy atom. The van der Waals surface area contributed by atoms with Gasteiger partial charge in [-0.1, -0.05) is 30.5 Å². The molecule has 1 aliphatic carbocycles. The molecule has 0 aliphatic heterocycles. The summed E-state index contributed by atoms with van der Waals surface area (Å²) in [5.74, 6) is -1.54. The number of hydrogen-bond donors (Lipinski definition) is 2. The maximum atomic E-state index is 15.5. The molecule has 4 aromatic heterocycles. The van der Waals surface area contributed by atoms with Crippen molar-refractivity contribution in [3.63, 3.8) is 0 Å². The van der Waals surface area contributed by atoms with Crippen LogP contribution in [0.3, 0.4) is 0 Å². The fraction of sp³-hybridized carbons (Fsp3) is 0.341. The number of carbonyl (C=O) groups excluding carboxylic acids is 1. The van der Waals surface area contributed by atoms with Crippen LogP contribution in [0.2, 0.25) is 5.02 Å². The van der Waals surface area contributed by atoms with E-state index in [9.17, 15) is 35.2 Å². The third-order valence-electron chi connectivity index (χ3n) is 10.4. The van der Waals surface area contributed by atoms with Gasteiger partial charge in [0, 0.05) is 48.1 Å². The number of fused-ring (bicyclic) bond motifs is 2. The lowest BCUT2D eigenvalue weighted by molar-refractivity contribution is -0.142. The van der Waals surface area contributed by atoms with Crippen molar-refractivity contribution in [2.24, 2.45) is 13.0 Å². The smallest absolute Gasteiger partial charge is 0.346 e. The number of imidazole rings is 1. The van der Waals surface area contributed by atoms with Crippen molar-refractivity contribution >= 4 is 44.3 Å². The van der Waals surface area contributed by atoms with Crippen LogP contribution in [0.1, 0.15) is 66.5 Å². The highest BCUT2D eigenvalue weighted by atomic mass is 35.5. The first kappa shape index (κ1) is 44.1. The molecule has 62 heavy (non-hydrogen) atoms. The number of nitrogens with zero attached hydrogens (tertiary/aromatic N) is 7. The number of anilines is 1. The Hall–Kier alpha value is -5.94. The minimum atomic E-state index is -5.10. The molecule has 4 heterocycles. The molecule has 0 saturated heterocycles. The van der Waals surface area contributed by atoms with Crippen LogP contribution < -0.4 is 10.0 Å². The van der Waals surface area contributed by atoms with Crippen LogP contribution in [-0.4, -0.2) is 54.7 Å². The molecular weight excluding hydrogens is 867 g/mol. The zero-order valence-corrected chi connectivity index (χ0v) is 35.3. The second-order valence-corrected chi connectivity index (χ2v) is 17.8. The minimum absolute atomic E-state index is 0.00880. The second-order valence-electron chi connectivity index (χ2n) is 15.6. The summed E-state index contributed by atoms with van der Waals surface area (Å²) in [6.07, 6.45) is -1.85. The molecule has 2 atom stereocenters. The number of nitrogens with one attached hydrogen (secondary N) is 2. The first-order valence-electron chi connectivity index (χ1n) is 18.8. The molecule has 0 spiro atoms. The van der Waals surface area contributed by atoms with Gasteiger partial charge < -0.3 is 9.88 Å². The predicted molar refractivity (Wildman–Crippen MR) is 216 cm³/mol. The third-order valence-corrected chi connectivity index (χ3v) is 11.3. The minimum Gasteiger partial charge on any atom is -0.346 e. The number of alkyl halides is 5. The fourth-order valence-corrected chi connectivity index (χ4v) is 8.49. The number of hydrogen-bond acceptors (Lipinski definition) is 7. The number of sulfonamides is 1. The maximum Gasteiger partial charge on any atom is 0.435 e. The molecule has 1 amide bonds. The zero-order chi connectivity index (χ0) is 45.3. The van der Waals surface area contributed by atoms with E-state index in [1.165, 1.54) is 17.8 Å². The molecule has 1 aliphatic rings. The van der Waals surface area contributed by atoms with Crippen LogP contribution in [-0.2, 0) is 58.9 Å². The summed E-state index contributed by atoms with van der Waals surface area (Å²) < 4.78 is 133.